The first-order valence-electron chi connectivity index (χ1n) is 9.69. The fourth-order valence-corrected chi connectivity index (χ4v) is 5.24. The monoisotopic (exact) mass is 431 g/mol. The van der Waals surface area contributed by atoms with Gasteiger partial charge in [0.05, 0.1) is 36.8 Å². The zero-order valence-electron chi connectivity index (χ0n) is 17.6. The summed E-state index contributed by atoms with van der Waals surface area (Å²) in [6.07, 6.45) is 3.78. The summed E-state index contributed by atoms with van der Waals surface area (Å²) in [5, 5.41) is 3.31. The summed E-state index contributed by atoms with van der Waals surface area (Å²) in [6, 6.07) is -0.113. The van der Waals surface area contributed by atoms with Crippen LogP contribution in [0.4, 0.5) is 4.53 Å². The van der Waals surface area contributed by atoms with Crippen molar-refractivity contribution in [2.75, 3.05) is 25.9 Å². The smallest absolute Gasteiger partial charge is 0.301 e. The van der Waals surface area contributed by atoms with E-state index in [1.807, 2.05) is 20.8 Å². The van der Waals surface area contributed by atoms with E-state index in [9.17, 15) is 17.7 Å². The lowest BCUT2D eigenvalue weighted by molar-refractivity contribution is -0.174. The van der Waals surface area contributed by atoms with E-state index in [0.717, 1.165) is 6.26 Å². The number of hydrogen-bond acceptors (Lipinski definition) is 5. The molecular formula is C19H32FN4O4S+. The fourth-order valence-electron chi connectivity index (χ4n) is 4.74. The Kier molecular flexibility index (Phi) is 6.79. The minimum atomic E-state index is -3.42. The summed E-state index contributed by atoms with van der Waals surface area (Å²) in [5.41, 5.74) is -2.20. The summed E-state index contributed by atoms with van der Waals surface area (Å²) in [5.74, 6) is -0.162. The second kappa shape index (κ2) is 8.30. The first-order chi connectivity index (χ1) is 13.4. The van der Waals surface area contributed by atoms with Gasteiger partial charge in [0.1, 0.15) is 6.10 Å². The molecule has 4 atom stereocenters. The van der Waals surface area contributed by atoms with Crippen molar-refractivity contribution in [1.29, 1.82) is 0 Å². The van der Waals surface area contributed by atoms with Crippen molar-refractivity contribution in [2.45, 2.75) is 63.3 Å². The lowest BCUT2D eigenvalue weighted by Crippen LogP contribution is -2.61. The summed E-state index contributed by atoms with van der Waals surface area (Å²) < 4.78 is 38.2. The third-order valence-corrected chi connectivity index (χ3v) is 7.64. The van der Waals surface area contributed by atoms with E-state index in [0.29, 0.717) is 19.3 Å². The van der Waals surface area contributed by atoms with E-state index >= 15 is 0 Å². The van der Waals surface area contributed by atoms with Gasteiger partial charge in [-0.3, -0.25) is 10.1 Å². The Morgan fingerprint density at radius 3 is 2.59 bits per heavy atom. The lowest BCUT2D eigenvalue weighted by atomic mass is 9.66. The van der Waals surface area contributed by atoms with Crippen molar-refractivity contribution < 1.29 is 22.7 Å². The number of hydrogen-bond donors (Lipinski definition) is 2. The molecule has 8 nitrogen and oxygen atoms in total. The Hall–Kier alpha value is -1.54. The third kappa shape index (κ3) is 4.33. The van der Waals surface area contributed by atoms with E-state index in [1.54, 1.807) is 11.0 Å². The van der Waals surface area contributed by atoms with Crippen LogP contribution in [0, 0.1) is 12.0 Å². The van der Waals surface area contributed by atoms with Gasteiger partial charge in [0.25, 0.3) is 6.57 Å². The second-order valence-corrected chi connectivity index (χ2v) is 10.6. The summed E-state index contributed by atoms with van der Waals surface area (Å²) in [4.78, 5) is 22.3. The van der Waals surface area contributed by atoms with E-state index in [4.69, 9.17) is 6.57 Å². The first kappa shape index (κ1) is 23.7. The quantitative estimate of drug-likeness (QED) is 0.568. The van der Waals surface area contributed by atoms with E-state index in [2.05, 4.69) is 26.4 Å². The molecule has 10 heteroatoms. The summed E-state index contributed by atoms with van der Waals surface area (Å²) in [6.45, 7) is 15.7. The van der Waals surface area contributed by atoms with Crippen LogP contribution >= 0.6 is 0 Å². The van der Waals surface area contributed by atoms with Gasteiger partial charge in [0.15, 0.2) is 0 Å². The molecule has 1 heterocycles. The van der Waals surface area contributed by atoms with Crippen molar-refractivity contribution >= 4 is 15.9 Å². The maximum atomic E-state index is 12.7. The van der Waals surface area contributed by atoms with Crippen molar-refractivity contribution in [1.82, 2.24) is 14.9 Å². The highest BCUT2D eigenvalue weighted by Crippen LogP contribution is 2.55. The average Bonchev–Trinajstić information content (AvgIpc) is 3.13. The molecule has 0 spiro atoms. The number of carbonyl (C=O) groups is 1. The molecule has 29 heavy (non-hydrogen) atoms. The van der Waals surface area contributed by atoms with E-state index in [1.165, 1.54) is 0 Å². The molecule has 164 valence electrons. The maximum Gasteiger partial charge on any atom is 0.301 e. The summed E-state index contributed by atoms with van der Waals surface area (Å²) in [7, 11) is -3.42. The molecule has 2 N–H and O–H groups in total. The topological polar surface area (TPSA) is 92.1 Å². The van der Waals surface area contributed by atoms with Gasteiger partial charge in [-0.2, -0.15) is 4.94 Å². The maximum absolute atomic E-state index is 12.7. The highest BCUT2D eigenvalue weighted by molar-refractivity contribution is 7.88. The molecule has 0 aromatic carbocycles. The third-order valence-electron chi connectivity index (χ3n) is 6.97. The molecule has 1 aliphatic carbocycles. The predicted octanol–water partition coefficient (Wildman–Crippen LogP) is 1.46. The van der Waals surface area contributed by atoms with Gasteiger partial charge in [0, 0.05) is 12.5 Å². The van der Waals surface area contributed by atoms with Crippen LogP contribution in [0.3, 0.4) is 0 Å². The molecule has 4 unspecified atom stereocenters. The molecule has 0 aromatic heterocycles. The molecule has 1 saturated carbocycles. The lowest BCUT2D eigenvalue weighted by Gasteiger charge is -2.42. The number of likely N-dealkylation sites (tertiary alicyclic amines) is 1. The number of nitrogens with zero attached hydrogens (tertiary/aromatic N) is 2. The molecule has 1 saturated heterocycles. The number of sulfonamides is 1. The predicted molar refractivity (Wildman–Crippen MR) is 110 cm³/mol. The standard InChI is InChI=1S/C19H32FN4O4S/c1-7-18(22-11-16(25)24-12-15(28-20)10-14(24)2)8-9-19(21-5,17(18,3)4)13-23-29(6,26)27/h5,7,14-15,22-23H,1,8-13H2,2-4,6H3/q+1. The molecular weight excluding hydrogens is 399 g/mol. The average molecular weight is 432 g/mol. The summed E-state index contributed by atoms with van der Waals surface area (Å²) >= 11 is 0. The van der Waals surface area contributed by atoms with Crippen molar-refractivity contribution in [3.63, 3.8) is 0 Å². The van der Waals surface area contributed by atoms with Crippen molar-refractivity contribution in [3.05, 3.63) is 17.5 Å². The van der Waals surface area contributed by atoms with E-state index in [-0.39, 0.29) is 31.6 Å². The van der Waals surface area contributed by atoms with Crippen LogP contribution in [0.2, 0.25) is 0 Å². The highest BCUT2D eigenvalue weighted by Gasteiger charge is 2.69. The van der Waals surface area contributed by atoms with Gasteiger partial charge in [-0.15, -0.1) is 6.58 Å². The molecule has 1 amide bonds. The number of nitrogens with one attached hydrogen (secondary N) is 2. The van der Waals surface area contributed by atoms with Gasteiger partial charge < -0.3 is 4.90 Å². The van der Waals surface area contributed by atoms with Crippen molar-refractivity contribution in [2.24, 2.45) is 5.41 Å². The van der Waals surface area contributed by atoms with Gasteiger partial charge >= 0.3 is 5.54 Å². The Morgan fingerprint density at radius 1 is 1.45 bits per heavy atom. The van der Waals surface area contributed by atoms with Crippen LogP contribution in [0.15, 0.2) is 12.7 Å². The zero-order valence-corrected chi connectivity index (χ0v) is 18.4. The van der Waals surface area contributed by atoms with Gasteiger partial charge in [-0.25, -0.2) is 13.1 Å². The Bertz CT molecular complexity index is 797. The zero-order chi connectivity index (χ0) is 22.1. The van der Waals surface area contributed by atoms with Gasteiger partial charge in [-0.05, 0) is 38.1 Å². The SMILES string of the molecule is C#[N+]C1(CNS(C)(=O)=O)CCC(C=C)(NCC(=O)N2CC(OF)CC2C)C1(C)C. The number of carbonyl (C=O) groups excluding carboxylic acids is 1. The minimum absolute atomic E-state index is 0.0267. The van der Waals surface area contributed by atoms with Crippen LogP contribution in [0.1, 0.15) is 40.0 Å². The fraction of sp³-hybridized carbons (Fsp3) is 0.789. The Labute approximate surface area is 172 Å². The first-order valence-corrected chi connectivity index (χ1v) is 11.6. The number of halogens is 1. The van der Waals surface area contributed by atoms with Crippen LogP contribution in [0.25, 0.3) is 4.85 Å². The molecule has 0 bridgehead atoms. The molecule has 2 rings (SSSR count). The number of rotatable bonds is 8. The molecule has 2 fully saturated rings. The van der Waals surface area contributed by atoms with Gasteiger partial charge in [-0.1, -0.05) is 10.9 Å². The highest BCUT2D eigenvalue weighted by atomic mass is 32.2. The molecule has 0 radical (unpaired) electrons. The van der Waals surface area contributed by atoms with Crippen molar-refractivity contribution in [3.8, 4) is 6.57 Å². The molecule has 1 aliphatic heterocycles. The largest absolute Gasteiger partial charge is 0.336 e. The van der Waals surface area contributed by atoms with Gasteiger partial charge in [0.2, 0.25) is 15.9 Å². The van der Waals surface area contributed by atoms with Crippen LogP contribution < -0.4 is 10.0 Å². The Balaban J connectivity index is 2.17. The normalized spacial score (nSPS) is 34.1. The Morgan fingerprint density at radius 2 is 2.10 bits per heavy atom. The minimum Gasteiger partial charge on any atom is -0.336 e. The van der Waals surface area contributed by atoms with E-state index < -0.39 is 32.6 Å². The molecule has 2 aliphatic rings. The van der Waals surface area contributed by atoms with Crippen LogP contribution in [-0.2, 0) is 19.8 Å². The number of amides is 1. The van der Waals surface area contributed by atoms with Crippen LogP contribution in [-0.4, -0.2) is 68.3 Å². The molecule has 0 aromatic rings. The van der Waals surface area contributed by atoms with Crippen LogP contribution in [0.5, 0.6) is 0 Å². The second-order valence-electron chi connectivity index (χ2n) is 8.75.